The van der Waals surface area contributed by atoms with Gasteiger partial charge in [-0.05, 0) is 12.1 Å². The van der Waals surface area contributed by atoms with Crippen LogP contribution in [-0.2, 0) is 14.3 Å². The first-order valence-corrected chi connectivity index (χ1v) is 8.21. The van der Waals surface area contributed by atoms with Crippen LogP contribution < -0.4 is 4.90 Å². The highest BCUT2D eigenvalue weighted by Crippen LogP contribution is 2.33. The molecule has 1 amide bonds. The van der Waals surface area contributed by atoms with Crippen molar-refractivity contribution >= 4 is 34.9 Å². The molecule has 0 radical (unpaired) electrons. The van der Waals surface area contributed by atoms with Crippen molar-refractivity contribution in [2.45, 2.75) is 25.1 Å². The van der Waals surface area contributed by atoms with E-state index in [0.717, 1.165) is 7.11 Å². The Morgan fingerprint density at radius 1 is 1.34 bits per heavy atom. The smallest absolute Gasteiger partial charge is 0.429 e. The van der Waals surface area contributed by atoms with E-state index < -0.39 is 78.1 Å². The van der Waals surface area contributed by atoms with Crippen molar-refractivity contribution in [1.82, 2.24) is 0 Å². The second-order valence-electron chi connectivity index (χ2n) is 5.70. The summed E-state index contributed by atoms with van der Waals surface area (Å²) in [7, 11) is 0.934. The summed E-state index contributed by atoms with van der Waals surface area (Å²) in [5, 5.41) is -0.509. The van der Waals surface area contributed by atoms with Crippen LogP contribution in [0.15, 0.2) is 17.1 Å². The molecule has 1 aliphatic heterocycles. The Kier molecular flexibility index (Phi) is 7.11. The molecular formula is C16H13ClF6N2O4. The number of aliphatic imine (C=N–C) groups is 1. The van der Waals surface area contributed by atoms with Crippen LogP contribution in [0.1, 0.15) is 16.8 Å². The number of rotatable bonds is 6. The number of ether oxygens (including phenoxy) is 2. The second kappa shape index (κ2) is 8.99. The van der Waals surface area contributed by atoms with Crippen LogP contribution in [0.5, 0.6) is 0 Å². The molecule has 1 heterocycles. The number of nitrogens with zero attached hydrogens (tertiary/aromatic N) is 2. The molecule has 0 aliphatic carbocycles. The summed E-state index contributed by atoms with van der Waals surface area (Å²) in [6.07, 6.45) is -9.71. The maximum atomic E-state index is 14.4. The van der Waals surface area contributed by atoms with Gasteiger partial charge in [0.05, 0.1) is 22.7 Å². The molecule has 0 saturated heterocycles. The predicted molar refractivity (Wildman–Crippen MR) is 89.0 cm³/mol. The van der Waals surface area contributed by atoms with Gasteiger partial charge in [0, 0.05) is 7.11 Å². The van der Waals surface area contributed by atoms with Gasteiger partial charge in [-0.1, -0.05) is 11.6 Å². The van der Waals surface area contributed by atoms with E-state index in [1.54, 1.807) is 0 Å². The van der Waals surface area contributed by atoms with Crippen LogP contribution in [0.25, 0.3) is 0 Å². The third-order valence-corrected chi connectivity index (χ3v) is 4.06. The van der Waals surface area contributed by atoms with E-state index in [-0.39, 0.29) is 0 Å². The summed E-state index contributed by atoms with van der Waals surface area (Å²) in [5.74, 6) is -3.72. The van der Waals surface area contributed by atoms with Crippen molar-refractivity contribution in [3.63, 3.8) is 0 Å². The average molecular weight is 447 g/mol. The SMILES string of the molecule is COC1N=C(C(F)(F)F)CC(=O)N1c1cc(C(=O)OC(CF)CF)c(Cl)cc1F. The molecular weight excluding hydrogens is 434 g/mol. The number of hydrogen-bond acceptors (Lipinski definition) is 5. The summed E-state index contributed by atoms with van der Waals surface area (Å²) in [6, 6.07) is 1.29. The molecule has 0 saturated carbocycles. The van der Waals surface area contributed by atoms with Crippen LogP contribution in [0, 0.1) is 5.82 Å². The number of alkyl halides is 5. The van der Waals surface area contributed by atoms with Gasteiger partial charge in [-0.2, -0.15) is 13.2 Å². The molecule has 0 bridgehead atoms. The molecule has 1 atom stereocenters. The van der Waals surface area contributed by atoms with Crippen LogP contribution in [0.3, 0.4) is 0 Å². The molecule has 0 spiro atoms. The standard InChI is InChI=1S/C16H13ClF6N2O4/c1-28-15-24-12(16(21,22)23)4-13(26)25(15)11-2-8(9(17)3-10(11)20)14(27)29-7(5-18)6-19/h2-3,7,15H,4-6H2,1H3. The first kappa shape index (κ1) is 22.9. The summed E-state index contributed by atoms with van der Waals surface area (Å²) in [5.41, 5.74) is -2.67. The monoisotopic (exact) mass is 446 g/mol. The summed E-state index contributed by atoms with van der Waals surface area (Å²) < 4.78 is 87.4. The highest BCUT2D eigenvalue weighted by atomic mass is 35.5. The lowest BCUT2D eigenvalue weighted by Gasteiger charge is -2.33. The van der Waals surface area contributed by atoms with E-state index in [2.05, 4.69) is 9.73 Å². The van der Waals surface area contributed by atoms with Crippen molar-refractivity contribution in [1.29, 1.82) is 0 Å². The number of esters is 1. The minimum atomic E-state index is -4.90. The number of anilines is 1. The molecule has 1 unspecified atom stereocenters. The van der Waals surface area contributed by atoms with Crippen molar-refractivity contribution in [2.24, 2.45) is 4.99 Å². The number of methoxy groups -OCH3 is 1. The lowest BCUT2D eigenvalue weighted by atomic mass is 10.1. The van der Waals surface area contributed by atoms with E-state index in [4.69, 9.17) is 16.3 Å². The topological polar surface area (TPSA) is 68.2 Å². The zero-order chi connectivity index (χ0) is 21.9. The number of amides is 1. The zero-order valence-corrected chi connectivity index (χ0v) is 15.4. The van der Waals surface area contributed by atoms with Crippen molar-refractivity contribution in [2.75, 3.05) is 25.4 Å². The van der Waals surface area contributed by atoms with Crippen LogP contribution in [-0.4, -0.2) is 56.7 Å². The van der Waals surface area contributed by atoms with E-state index in [1.807, 2.05) is 0 Å². The summed E-state index contributed by atoms with van der Waals surface area (Å²) >= 11 is 5.76. The highest BCUT2D eigenvalue weighted by Gasteiger charge is 2.44. The van der Waals surface area contributed by atoms with Gasteiger partial charge in [0.15, 0.2) is 6.10 Å². The minimum absolute atomic E-state index is 0.458. The predicted octanol–water partition coefficient (Wildman–Crippen LogP) is 3.61. The number of carbonyl (C=O) groups is 2. The molecule has 1 aliphatic rings. The maximum Gasteiger partial charge on any atom is 0.429 e. The molecule has 6 nitrogen and oxygen atoms in total. The molecule has 29 heavy (non-hydrogen) atoms. The second-order valence-corrected chi connectivity index (χ2v) is 6.10. The Hall–Kier alpha value is -2.34. The zero-order valence-electron chi connectivity index (χ0n) is 14.6. The van der Waals surface area contributed by atoms with Crippen molar-refractivity contribution < 1.29 is 45.4 Å². The Morgan fingerprint density at radius 2 is 1.97 bits per heavy atom. The third kappa shape index (κ3) is 4.99. The average Bonchev–Trinajstić information content (AvgIpc) is 2.65. The Labute approximate surface area is 165 Å². The molecule has 0 fully saturated rings. The normalized spacial score (nSPS) is 17.6. The van der Waals surface area contributed by atoms with Crippen LogP contribution in [0.4, 0.5) is 32.0 Å². The Bertz CT molecular complexity index is 828. The first-order chi connectivity index (χ1) is 13.5. The maximum absolute atomic E-state index is 14.4. The molecule has 1 aromatic rings. The number of carbonyl (C=O) groups excluding carboxylic acids is 2. The third-order valence-electron chi connectivity index (χ3n) is 3.75. The number of benzene rings is 1. The Balaban J connectivity index is 2.47. The largest absolute Gasteiger partial charge is 0.453 e. The summed E-state index contributed by atoms with van der Waals surface area (Å²) in [6.45, 7) is -2.67. The fourth-order valence-corrected chi connectivity index (χ4v) is 2.60. The molecule has 0 N–H and O–H groups in total. The van der Waals surface area contributed by atoms with Gasteiger partial charge in [0.2, 0.25) is 12.3 Å². The van der Waals surface area contributed by atoms with Gasteiger partial charge in [0.25, 0.3) is 0 Å². The number of halogens is 7. The Morgan fingerprint density at radius 3 is 2.48 bits per heavy atom. The van der Waals surface area contributed by atoms with Gasteiger partial charge >= 0.3 is 12.1 Å². The van der Waals surface area contributed by atoms with E-state index >= 15 is 0 Å². The van der Waals surface area contributed by atoms with E-state index in [1.165, 1.54) is 0 Å². The van der Waals surface area contributed by atoms with Gasteiger partial charge in [-0.15, -0.1) is 0 Å². The van der Waals surface area contributed by atoms with Gasteiger partial charge in [-0.3, -0.25) is 9.69 Å². The van der Waals surface area contributed by atoms with Crippen LogP contribution >= 0.6 is 11.6 Å². The van der Waals surface area contributed by atoms with Crippen LogP contribution in [0.2, 0.25) is 5.02 Å². The van der Waals surface area contributed by atoms with Gasteiger partial charge < -0.3 is 9.47 Å². The molecule has 160 valence electrons. The molecule has 1 aromatic carbocycles. The van der Waals surface area contributed by atoms with E-state index in [9.17, 15) is 35.9 Å². The highest BCUT2D eigenvalue weighted by molar-refractivity contribution is 6.33. The molecule has 2 rings (SSSR count). The fraction of sp³-hybridized carbons (Fsp3) is 0.438. The first-order valence-electron chi connectivity index (χ1n) is 7.84. The lowest BCUT2D eigenvalue weighted by Crippen LogP contribution is -2.48. The quantitative estimate of drug-likeness (QED) is 0.494. The van der Waals surface area contributed by atoms with Gasteiger partial charge in [-0.25, -0.2) is 23.0 Å². The summed E-state index contributed by atoms with van der Waals surface area (Å²) in [4.78, 5) is 28.1. The lowest BCUT2D eigenvalue weighted by molar-refractivity contribution is -0.122. The van der Waals surface area contributed by atoms with E-state index in [0.29, 0.717) is 17.0 Å². The minimum Gasteiger partial charge on any atom is -0.453 e. The van der Waals surface area contributed by atoms with Crippen molar-refractivity contribution in [3.8, 4) is 0 Å². The molecule has 13 heteroatoms. The molecule has 0 aromatic heterocycles. The van der Waals surface area contributed by atoms with Gasteiger partial charge in [0.1, 0.15) is 24.9 Å². The fourth-order valence-electron chi connectivity index (χ4n) is 2.37. The van der Waals surface area contributed by atoms with Crippen molar-refractivity contribution in [3.05, 3.63) is 28.5 Å². The number of hydrogen-bond donors (Lipinski definition) is 0.